The Bertz CT molecular complexity index is 399. The van der Waals surface area contributed by atoms with Crippen molar-refractivity contribution in [2.75, 3.05) is 6.61 Å². The molecule has 2 rings (SSSR count). The largest absolute Gasteiger partial charge is 0.396 e. The van der Waals surface area contributed by atoms with Crippen LogP contribution in [0.25, 0.3) is 0 Å². The number of aliphatic hydroxyl groups excluding tert-OH is 1. The smallest absolute Gasteiger partial charge is 0.282 e. The lowest BCUT2D eigenvalue weighted by atomic mass is 9.85. The van der Waals surface area contributed by atoms with E-state index in [4.69, 9.17) is 11.6 Å². The van der Waals surface area contributed by atoms with Gasteiger partial charge in [-0.3, -0.25) is 4.79 Å². The summed E-state index contributed by atoms with van der Waals surface area (Å²) < 4.78 is 0.262. The maximum atomic E-state index is 11.8. The van der Waals surface area contributed by atoms with Crippen molar-refractivity contribution in [1.82, 2.24) is 15.5 Å². The van der Waals surface area contributed by atoms with Gasteiger partial charge >= 0.3 is 0 Å². The Balaban J connectivity index is 1.97. The molecule has 0 saturated heterocycles. The van der Waals surface area contributed by atoms with Gasteiger partial charge in [-0.25, -0.2) is 0 Å². The van der Waals surface area contributed by atoms with Crippen molar-refractivity contribution in [3.8, 4) is 0 Å². The predicted octanol–water partition coefficient (Wildman–Crippen LogP) is 1.47. The van der Waals surface area contributed by atoms with Gasteiger partial charge in [0.05, 0.1) is 0 Å². The van der Waals surface area contributed by atoms with E-state index in [-0.39, 0.29) is 33.9 Å². The van der Waals surface area contributed by atoms with E-state index in [0.717, 1.165) is 37.0 Å². The SMILES string of the molecule is O=C(NC1CCCCC1CO)c1nnc(Cl)s1. The minimum absolute atomic E-state index is 0.0314. The topological polar surface area (TPSA) is 75.1 Å². The number of rotatable bonds is 3. The number of carbonyl (C=O) groups is 1. The monoisotopic (exact) mass is 275 g/mol. The van der Waals surface area contributed by atoms with Gasteiger partial charge in [-0.05, 0) is 24.4 Å². The van der Waals surface area contributed by atoms with Crippen LogP contribution in [0.2, 0.25) is 4.47 Å². The Morgan fingerprint density at radius 1 is 1.47 bits per heavy atom. The van der Waals surface area contributed by atoms with Gasteiger partial charge in [0, 0.05) is 18.6 Å². The molecule has 1 aliphatic carbocycles. The van der Waals surface area contributed by atoms with Crippen LogP contribution in [0.1, 0.15) is 35.5 Å². The third-order valence-electron chi connectivity index (χ3n) is 3.05. The van der Waals surface area contributed by atoms with Gasteiger partial charge in [0.2, 0.25) is 9.47 Å². The molecule has 1 amide bonds. The molecule has 1 aromatic rings. The van der Waals surface area contributed by atoms with Crippen LogP contribution in [0.15, 0.2) is 0 Å². The van der Waals surface area contributed by atoms with Crippen LogP contribution < -0.4 is 5.32 Å². The van der Waals surface area contributed by atoms with Crippen LogP contribution >= 0.6 is 22.9 Å². The summed E-state index contributed by atoms with van der Waals surface area (Å²) in [6.45, 7) is 0.113. The second-order valence-corrected chi connectivity index (χ2v) is 5.73. The van der Waals surface area contributed by atoms with Gasteiger partial charge < -0.3 is 10.4 Å². The van der Waals surface area contributed by atoms with E-state index in [9.17, 15) is 9.90 Å². The molecule has 17 heavy (non-hydrogen) atoms. The van der Waals surface area contributed by atoms with Gasteiger partial charge in [0.25, 0.3) is 5.91 Å². The molecule has 0 spiro atoms. The molecule has 5 nitrogen and oxygen atoms in total. The number of nitrogens with zero attached hydrogens (tertiary/aromatic N) is 2. The first-order valence-electron chi connectivity index (χ1n) is 5.61. The fraction of sp³-hybridized carbons (Fsp3) is 0.700. The summed E-state index contributed by atoms with van der Waals surface area (Å²) in [4.78, 5) is 11.8. The highest BCUT2D eigenvalue weighted by atomic mass is 35.5. The van der Waals surface area contributed by atoms with Crippen molar-refractivity contribution in [2.24, 2.45) is 5.92 Å². The summed E-state index contributed by atoms with van der Waals surface area (Å²) in [6.07, 6.45) is 4.06. The lowest BCUT2D eigenvalue weighted by molar-refractivity contribution is 0.0871. The molecule has 2 N–H and O–H groups in total. The Morgan fingerprint density at radius 2 is 2.24 bits per heavy atom. The maximum Gasteiger partial charge on any atom is 0.282 e. The first-order valence-corrected chi connectivity index (χ1v) is 6.81. The molecule has 0 radical (unpaired) electrons. The average molecular weight is 276 g/mol. The third-order valence-corrected chi connectivity index (χ3v) is 4.07. The third kappa shape index (κ3) is 3.14. The first kappa shape index (κ1) is 12.7. The van der Waals surface area contributed by atoms with Gasteiger partial charge in [-0.15, -0.1) is 10.2 Å². The molecular weight excluding hydrogens is 262 g/mol. The molecule has 1 heterocycles. The molecule has 1 fully saturated rings. The molecule has 1 aromatic heterocycles. The Kier molecular flexibility index (Phi) is 4.31. The van der Waals surface area contributed by atoms with Crippen LogP contribution in [-0.4, -0.2) is 33.9 Å². The number of aromatic nitrogens is 2. The summed E-state index contributed by atoms with van der Waals surface area (Å²) in [5.41, 5.74) is 0. The number of carbonyl (C=O) groups excluding carboxylic acids is 1. The van der Waals surface area contributed by atoms with Crippen molar-refractivity contribution < 1.29 is 9.90 Å². The van der Waals surface area contributed by atoms with Crippen molar-refractivity contribution in [2.45, 2.75) is 31.7 Å². The standard InChI is InChI=1S/C10H14ClN3O2S/c11-10-14-13-9(17-10)8(16)12-7-4-2-1-3-6(7)5-15/h6-7,15H,1-5H2,(H,12,16). The van der Waals surface area contributed by atoms with Crippen molar-refractivity contribution in [3.63, 3.8) is 0 Å². The lowest BCUT2D eigenvalue weighted by Crippen LogP contribution is -2.43. The normalized spacial score (nSPS) is 24.6. The molecule has 1 saturated carbocycles. The van der Waals surface area contributed by atoms with E-state index in [1.165, 1.54) is 0 Å². The number of aliphatic hydroxyl groups is 1. The fourth-order valence-corrected chi connectivity index (χ4v) is 2.87. The Hall–Kier alpha value is -0.720. The number of amides is 1. The minimum atomic E-state index is -0.250. The Labute approximate surface area is 108 Å². The average Bonchev–Trinajstić information content (AvgIpc) is 2.77. The van der Waals surface area contributed by atoms with E-state index in [2.05, 4.69) is 15.5 Å². The van der Waals surface area contributed by atoms with Gasteiger partial charge in [-0.2, -0.15) is 0 Å². The minimum Gasteiger partial charge on any atom is -0.396 e. The van der Waals surface area contributed by atoms with E-state index in [0.29, 0.717) is 0 Å². The first-order chi connectivity index (χ1) is 8.20. The summed E-state index contributed by atoms with van der Waals surface area (Å²) >= 11 is 6.69. The fourth-order valence-electron chi connectivity index (χ4n) is 2.14. The highest BCUT2D eigenvalue weighted by molar-refractivity contribution is 7.17. The quantitative estimate of drug-likeness (QED) is 0.876. The Morgan fingerprint density at radius 3 is 2.88 bits per heavy atom. The van der Waals surface area contributed by atoms with E-state index in [1.807, 2.05) is 0 Å². The molecule has 7 heteroatoms. The van der Waals surface area contributed by atoms with Crippen molar-refractivity contribution >= 4 is 28.8 Å². The van der Waals surface area contributed by atoms with Gasteiger partial charge in [0.15, 0.2) is 0 Å². The second kappa shape index (κ2) is 5.75. The zero-order chi connectivity index (χ0) is 12.3. The van der Waals surface area contributed by atoms with Crippen molar-refractivity contribution in [1.29, 1.82) is 0 Å². The summed E-state index contributed by atoms with van der Waals surface area (Å²) in [7, 11) is 0. The number of nitrogens with one attached hydrogen (secondary N) is 1. The summed E-state index contributed by atoms with van der Waals surface area (Å²) in [6, 6.07) is 0.0314. The lowest BCUT2D eigenvalue weighted by Gasteiger charge is -2.30. The molecule has 0 aromatic carbocycles. The molecule has 2 atom stereocenters. The van der Waals surface area contributed by atoms with Crippen LogP contribution in [0, 0.1) is 5.92 Å². The molecule has 1 aliphatic rings. The van der Waals surface area contributed by atoms with Gasteiger partial charge in [-0.1, -0.05) is 24.2 Å². The van der Waals surface area contributed by atoms with Crippen LogP contribution in [0.4, 0.5) is 0 Å². The van der Waals surface area contributed by atoms with Crippen molar-refractivity contribution in [3.05, 3.63) is 9.47 Å². The number of halogens is 1. The molecule has 94 valence electrons. The molecule has 2 unspecified atom stereocenters. The molecule has 0 bridgehead atoms. The van der Waals surface area contributed by atoms with Crippen LogP contribution in [-0.2, 0) is 0 Å². The van der Waals surface area contributed by atoms with E-state index < -0.39 is 0 Å². The van der Waals surface area contributed by atoms with Crippen LogP contribution in [0.5, 0.6) is 0 Å². The summed E-state index contributed by atoms with van der Waals surface area (Å²) in [5, 5.41) is 19.7. The zero-order valence-corrected chi connectivity index (χ0v) is 10.8. The number of hydrogen-bond acceptors (Lipinski definition) is 5. The highest BCUT2D eigenvalue weighted by Crippen LogP contribution is 2.24. The zero-order valence-electron chi connectivity index (χ0n) is 9.23. The predicted molar refractivity (Wildman–Crippen MR) is 65.2 cm³/mol. The van der Waals surface area contributed by atoms with E-state index >= 15 is 0 Å². The highest BCUT2D eigenvalue weighted by Gasteiger charge is 2.27. The van der Waals surface area contributed by atoms with Crippen LogP contribution in [0.3, 0.4) is 0 Å². The number of hydrogen-bond donors (Lipinski definition) is 2. The summed E-state index contributed by atoms with van der Waals surface area (Å²) in [5.74, 6) is -0.101. The molecule has 0 aliphatic heterocycles. The second-order valence-electron chi connectivity index (χ2n) is 4.17. The maximum absolute atomic E-state index is 11.8. The van der Waals surface area contributed by atoms with E-state index in [1.54, 1.807) is 0 Å². The molecular formula is C10H14ClN3O2S. The van der Waals surface area contributed by atoms with Gasteiger partial charge in [0.1, 0.15) is 0 Å².